The number of carbonyl (C=O) groups is 2. The zero-order chi connectivity index (χ0) is 25.8. The Labute approximate surface area is 210 Å². The average molecular weight is 470 g/mol. The Kier molecular flexibility index (Phi) is 5.40. The van der Waals surface area contributed by atoms with Crippen LogP contribution in [0.5, 0.6) is 0 Å². The standard InChI is InChI=1S/C21H30O8S.Na/c1-19-7-5-13(22)9-12(19)3-4-14-15-6-8-21(25,17(24)11-29-30(26,27)28)20(15,2)10-16(23)18(14)19;/h9,14-16,18,23,25H,3-8,10-11H2,1-2H3,(H,26,27,28);/t14-,15-,16-,18+,19-,20-,21-;/m0./s1/i10D2,16D,18D;. The average Bonchev–Trinajstić information content (AvgIpc) is 3.00. The van der Waals surface area contributed by atoms with Crippen molar-refractivity contribution >= 4 is 51.5 Å². The van der Waals surface area contributed by atoms with E-state index in [9.17, 15) is 29.6 Å². The fraction of sp³-hybridized carbons (Fsp3) is 0.810. The number of hydrogen-bond donors (Lipinski definition) is 3. The Morgan fingerprint density at radius 1 is 1.32 bits per heavy atom. The van der Waals surface area contributed by atoms with Crippen molar-refractivity contribution in [3.63, 3.8) is 0 Å². The third-order valence-electron chi connectivity index (χ3n) is 7.94. The minimum Gasteiger partial charge on any atom is -0.393 e. The molecule has 4 aliphatic carbocycles. The molecule has 31 heavy (non-hydrogen) atoms. The van der Waals surface area contributed by atoms with Crippen LogP contribution < -0.4 is 0 Å². The molecule has 0 bridgehead atoms. The van der Waals surface area contributed by atoms with Gasteiger partial charge < -0.3 is 10.2 Å². The van der Waals surface area contributed by atoms with Crippen LogP contribution in [0.3, 0.4) is 0 Å². The third kappa shape index (κ3) is 3.93. The van der Waals surface area contributed by atoms with Gasteiger partial charge in [-0.25, -0.2) is 4.18 Å². The zero-order valence-electron chi connectivity index (χ0n) is 22.0. The van der Waals surface area contributed by atoms with Crippen molar-refractivity contribution in [2.75, 3.05) is 6.61 Å². The van der Waals surface area contributed by atoms with E-state index in [1.54, 1.807) is 6.92 Å². The van der Waals surface area contributed by atoms with Gasteiger partial charge in [-0.1, -0.05) is 19.4 Å². The molecule has 0 unspecified atom stereocenters. The summed E-state index contributed by atoms with van der Waals surface area (Å²) in [6, 6.07) is 0. The molecule has 0 aromatic heterocycles. The van der Waals surface area contributed by atoms with Crippen LogP contribution in [0.25, 0.3) is 0 Å². The number of ketones is 2. The third-order valence-corrected chi connectivity index (χ3v) is 8.36. The second-order valence-corrected chi connectivity index (χ2v) is 10.4. The van der Waals surface area contributed by atoms with E-state index >= 15 is 0 Å². The summed E-state index contributed by atoms with van der Waals surface area (Å²) in [5.41, 5.74) is -5.14. The van der Waals surface area contributed by atoms with Crippen molar-refractivity contribution in [2.24, 2.45) is 28.6 Å². The Morgan fingerprint density at radius 3 is 2.65 bits per heavy atom. The Hall–Kier alpha value is -0.130. The van der Waals surface area contributed by atoms with Crippen molar-refractivity contribution < 1.29 is 42.4 Å². The molecular weight excluding hydrogens is 435 g/mol. The van der Waals surface area contributed by atoms with Gasteiger partial charge in [-0.3, -0.25) is 14.1 Å². The molecule has 0 heterocycles. The van der Waals surface area contributed by atoms with E-state index in [1.807, 2.05) is 0 Å². The molecular formula is C21H30NaO8S. The summed E-state index contributed by atoms with van der Waals surface area (Å²) in [5.74, 6) is -4.99. The number of aliphatic hydroxyl groups is 2. The quantitative estimate of drug-likeness (QED) is 0.413. The number of Topliss-reactive ketones (excluding diaryl/α,β-unsaturated/α-hetero) is 1. The maximum Gasteiger partial charge on any atom is 0.397 e. The van der Waals surface area contributed by atoms with Crippen molar-refractivity contribution in [3.05, 3.63) is 11.6 Å². The molecule has 7 atom stereocenters. The first kappa shape index (κ1) is 20.3. The number of carbonyl (C=O) groups excluding carboxylic acids is 2. The minimum atomic E-state index is -5.01. The van der Waals surface area contributed by atoms with Gasteiger partial charge in [0, 0.05) is 45.5 Å². The first-order chi connectivity index (χ1) is 15.3. The Morgan fingerprint density at radius 2 is 2.00 bits per heavy atom. The first-order valence-electron chi connectivity index (χ1n) is 12.1. The first-order valence-corrected chi connectivity index (χ1v) is 11.5. The molecule has 4 rings (SSSR count). The predicted octanol–water partition coefficient (Wildman–Crippen LogP) is 1.23. The molecule has 3 fully saturated rings. The molecule has 4 aliphatic rings. The summed E-state index contributed by atoms with van der Waals surface area (Å²) in [6.07, 6.45) is -3.94. The summed E-state index contributed by atoms with van der Waals surface area (Å²) in [4.78, 5) is 25.1. The van der Waals surface area contributed by atoms with E-state index in [0.717, 1.165) is 0 Å². The predicted molar refractivity (Wildman–Crippen MR) is 111 cm³/mol. The van der Waals surface area contributed by atoms with Gasteiger partial charge in [0.25, 0.3) is 0 Å². The maximum absolute atomic E-state index is 13.0. The second kappa shape index (κ2) is 8.27. The monoisotopic (exact) mass is 469 g/mol. The normalized spacial score (nSPS) is 52.7. The number of fused-ring (bicyclic) bond motifs is 5. The number of rotatable bonds is 4. The molecule has 0 aliphatic heterocycles. The Bertz CT molecular complexity index is 1100. The van der Waals surface area contributed by atoms with E-state index in [0.29, 0.717) is 12.0 Å². The summed E-state index contributed by atoms with van der Waals surface area (Å²) >= 11 is 0. The zero-order valence-corrected chi connectivity index (χ0v) is 20.8. The maximum atomic E-state index is 13.0. The van der Waals surface area contributed by atoms with Crippen LogP contribution >= 0.6 is 0 Å². The van der Waals surface area contributed by atoms with E-state index in [-0.39, 0.29) is 67.4 Å². The van der Waals surface area contributed by atoms with Gasteiger partial charge in [0.1, 0.15) is 12.2 Å². The molecule has 0 amide bonds. The Balaban J connectivity index is 0.00000342. The smallest absolute Gasteiger partial charge is 0.393 e. The number of allylic oxidation sites excluding steroid dienone is 1. The van der Waals surface area contributed by atoms with Crippen LogP contribution in [0, 0.1) is 28.6 Å². The van der Waals surface area contributed by atoms with Gasteiger partial charge in [-0.05, 0) is 67.7 Å². The molecule has 0 spiro atoms. The molecule has 1 radical (unpaired) electrons. The van der Waals surface area contributed by atoms with Crippen molar-refractivity contribution in [1.82, 2.24) is 0 Å². The second-order valence-electron chi connectivity index (χ2n) is 9.32. The number of hydrogen-bond acceptors (Lipinski definition) is 7. The van der Waals surface area contributed by atoms with Crippen molar-refractivity contribution in [2.45, 2.75) is 70.4 Å². The van der Waals surface area contributed by atoms with Gasteiger partial charge in [-0.15, -0.1) is 0 Å². The van der Waals surface area contributed by atoms with Gasteiger partial charge in [0.15, 0.2) is 11.6 Å². The summed E-state index contributed by atoms with van der Waals surface area (Å²) < 4.78 is 71.3. The molecule has 3 saturated carbocycles. The van der Waals surface area contributed by atoms with Gasteiger partial charge in [-0.2, -0.15) is 8.42 Å². The van der Waals surface area contributed by atoms with Crippen LogP contribution in [0.15, 0.2) is 11.6 Å². The molecule has 169 valence electrons. The van der Waals surface area contributed by atoms with Crippen LogP contribution in [0.2, 0.25) is 0 Å². The minimum absolute atomic E-state index is 0. The summed E-state index contributed by atoms with van der Waals surface area (Å²) in [7, 11) is -5.01. The van der Waals surface area contributed by atoms with E-state index in [1.165, 1.54) is 13.0 Å². The van der Waals surface area contributed by atoms with Gasteiger partial charge in [0.2, 0.25) is 0 Å². The van der Waals surface area contributed by atoms with E-state index < -0.39 is 69.4 Å². The van der Waals surface area contributed by atoms with Crippen LogP contribution in [-0.4, -0.2) is 82.6 Å². The molecule has 10 heteroatoms. The van der Waals surface area contributed by atoms with E-state index in [4.69, 9.17) is 8.67 Å². The molecule has 8 nitrogen and oxygen atoms in total. The molecule has 3 N–H and O–H groups in total. The van der Waals surface area contributed by atoms with Crippen LogP contribution in [0.4, 0.5) is 0 Å². The van der Waals surface area contributed by atoms with Crippen LogP contribution in [0.1, 0.15) is 64.2 Å². The van der Waals surface area contributed by atoms with Crippen LogP contribution in [-0.2, 0) is 24.2 Å². The van der Waals surface area contributed by atoms with E-state index in [2.05, 4.69) is 4.18 Å². The fourth-order valence-corrected chi connectivity index (χ4v) is 6.58. The molecule has 0 aromatic carbocycles. The van der Waals surface area contributed by atoms with Crippen molar-refractivity contribution in [1.29, 1.82) is 0 Å². The van der Waals surface area contributed by atoms with Gasteiger partial charge >= 0.3 is 10.4 Å². The van der Waals surface area contributed by atoms with Crippen molar-refractivity contribution in [3.8, 4) is 0 Å². The van der Waals surface area contributed by atoms with Gasteiger partial charge in [0.05, 0.1) is 7.45 Å². The summed E-state index contributed by atoms with van der Waals surface area (Å²) in [5, 5.41) is 23.1. The topological polar surface area (TPSA) is 138 Å². The largest absolute Gasteiger partial charge is 0.397 e. The fourth-order valence-electron chi connectivity index (χ4n) is 6.33. The molecule has 0 aromatic rings. The summed E-state index contributed by atoms with van der Waals surface area (Å²) in [6.45, 7) is 1.69. The SMILES string of the molecule is [2H]C1([2H])[C@]([2H])(O)[C@@]2([2H])[C@@H](CCC3=CC(=O)CC[C@@]32C)[C@@H]2CC[C@](O)(C(=O)COS(=O)(=O)O)[C@]21C.[Na]. The molecule has 0 saturated heterocycles.